The number of nitrogens with one attached hydrogen (secondary N) is 1. The Morgan fingerprint density at radius 3 is 2.03 bits per heavy atom. The molecule has 2 N–H and O–H groups in total. The maximum absolute atomic E-state index is 12.6. The van der Waals surface area contributed by atoms with Crippen molar-refractivity contribution in [1.82, 2.24) is 5.32 Å². The molecule has 0 heterocycles. The van der Waals surface area contributed by atoms with E-state index in [1.54, 1.807) is 12.1 Å². The van der Waals surface area contributed by atoms with E-state index in [-0.39, 0.29) is 12.1 Å². The van der Waals surface area contributed by atoms with Crippen molar-refractivity contribution in [2.45, 2.75) is 39.4 Å². The predicted molar refractivity (Wildman–Crippen MR) is 121 cm³/mol. The van der Waals surface area contributed by atoms with E-state index in [2.05, 4.69) is 5.32 Å². The summed E-state index contributed by atoms with van der Waals surface area (Å²) in [5.41, 5.74) is 1.33. The molecule has 0 aromatic heterocycles. The van der Waals surface area contributed by atoms with Crippen LogP contribution in [0.15, 0.2) is 60.7 Å². The molecule has 0 bridgehead atoms. The van der Waals surface area contributed by atoms with E-state index in [9.17, 15) is 18.0 Å². The van der Waals surface area contributed by atoms with Crippen LogP contribution in [0.3, 0.4) is 0 Å². The lowest BCUT2D eigenvalue weighted by Crippen LogP contribution is -2.39. The Bertz CT molecular complexity index is 959. The summed E-state index contributed by atoms with van der Waals surface area (Å²) in [7, 11) is 1.83. The van der Waals surface area contributed by atoms with Crippen LogP contribution in [0, 0.1) is 0 Å². The van der Waals surface area contributed by atoms with E-state index in [4.69, 9.17) is 5.11 Å². The van der Waals surface area contributed by atoms with E-state index in [1.165, 1.54) is 12.1 Å². The van der Waals surface area contributed by atoms with Crippen LogP contribution < -0.4 is 5.32 Å². The molecule has 0 fully saturated rings. The minimum Gasteiger partial charge on any atom is -0.394 e. The fraction of sp³-hybridized carbons (Fsp3) is 0.320. The van der Waals surface area contributed by atoms with Crippen LogP contribution in [0.4, 0.5) is 13.2 Å². The van der Waals surface area contributed by atoms with Crippen LogP contribution in [-0.2, 0) is 6.18 Å². The molecular weight excluding hydrogens is 403 g/mol. The molecule has 0 atom stereocenters. The van der Waals surface area contributed by atoms with Gasteiger partial charge in [-0.1, -0.05) is 56.3 Å². The fourth-order valence-corrected chi connectivity index (χ4v) is 2.55. The highest BCUT2D eigenvalue weighted by atomic mass is 19.4. The molecule has 3 rings (SSSR count). The van der Waals surface area contributed by atoms with Crippen molar-refractivity contribution in [3.63, 3.8) is 0 Å². The molecule has 6 heteroatoms. The summed E-state index contributed by atoms with van der Waals surface area (Å²) in [5.74, 6) is 0. The maximum atomic E-state index is 12.6. The van der Waals surface area contributed by atoms with Gasteiger partial charge in [0.15, 0.2) is 0 Å². The van der Waals surface area contributed by atoms with Gasteiger partial charge in [-0.3, -0.25) is 4.79 Å². The van der Waals surface area contributed by atoms with Crippen LogP contribution >= 0.6 is 0 Å². The summed E-state index contributed by atoms with van der Waals surface area (Å²) in [4.78, 5) is 10.8. The number of hydrogen-bond acceptors (Lipinski definition) is 3. The third kappa shape index (κ3) is 7.49. The van der Waals surface area contributed by atoms with Crippen molar-refractivity contribution in [2.75, 3.05) is 13.7 Å². The largest absolute Gasteiger partial charge is 0.416 e. The van der Waals surface area contributed by atoms with Gasteiger partial charge in [0, 0.05) is 11.1 Å². The monoisotopic (exact) mass is 433 g/mol. The molecular formula is C25H30F3NO2. The number of rotatable bonds is 4. The van der Waals surface area contributed by atoms with Crippen molar-refractivity contribution in [2.24, 2.45) is 0 Å². The van der Waals surface area contributed by atoms with E-state index in [1.807, 2.05) is 59.0 Å². The third-order valence-corrected chi connectivity index (χ3v) is 4.64. The second-order valence-electron chi connectivity index (χ2n) is 7.27. The number of likely N-dealkylation sites (N-methyl/N-ethyl adjacent to an activating group) is 1. The number of carbonyl (C=O) groups is 1. The standard InChI is InChI=1S/C18H11F3O.C5H13NO.C2H6/c19-18(20,21)15-7-5-13(6-8-15)16-3-1-2-14-10-12(11-22)4-9-17(14)16;1-5(2,4-7)6-3;1-2/h1-11H;6-7H,4H2,1-3H3;1-2H3. The second kappa shape index (κ2) is 11.6. The lowest BCUT2D eigenvalue weighted by Gasteiger charge is -2.19. The molecule has 168 valence electrons. The SMILES string of the molecule is CC.CNC(C)(C)CO.O=Cc1ccc2c(-c3ccc(C(F)(F)F)cc3)cccc2c1. The second-order valence-corrected chi connectivity index (χ2v) is 7.27. The van der Waals surface area contributed by atoms with Crippen LogP contribution in [-0.4, -0.2) is 30.6 Å². The highest BCUT2D eigenvalue weighted by Gasteiger charge is 2.30. The van der Waals surface area contributed by atoms with Gasteiger partial charge in [-0.05, 0) is 61.0 Å². The number of carbonyl (C=O) groups excluding carboxylic acids is 1. The first-order chi connectivity index (χ1) is 14.6. The minimum atomic E-state index is -4.34. The number of aliphatic hydroxyl groups excluding tert-OH is 1. The quantitative estimate of drug-likeness (QED) is 0.472. The normalized spacial score (nSPS) is 11.1. The molecule has 3 aromatic carbocycles. The molecule has 0 spiro atoms. The van der Waals surface area contributed by atoms with Gasteiger partial charge in [-0.15, -0.1) is 0 Å². The lowest BCUT2D eigenvalue weighted by atomic mass is 9.96. The van der Waals surface area contributed by atoms with Gasteiger partial charge in [0.05, 0.1) is 12.2 Å². The molecule has 0 saturated heterocycles. The van der Waals surface area contributed by atoms with Gasteiger partial charge in [0.25, 0.3) is 0 Å². The van der Waals surface area contributed by atoms with Crippen molar-refractivity contribution < 1.29 is 23.1 Å². The molecule has 0 amide bonds. The molecule has 3 nitrogen and oxygen atoms in total. The van der Waals surface area contributed by atoms with Crippen molar-refractivity contribution >= 4 is 17.1 Å². The number of aliphatic hydroxyl groups is 1. The number of benzene rings is 3. The van der Waals surface area contributed by atoms with Gasteiger partial charge in [0.2, 0.25) is 0 Å². The Morgan fingerprint density at radius 2 is 1.58 bits per heavy atom. The number of fused-ring (bicyclic) bond motifs is 1. The van der Waals surface area contributed by atoms with Crippen LogP contribution in [0.1, 0.15) is 43.6 Å². The van der Waals surface area contributed by atoms with Crippen molar-refractivity contribution in [3.8, 4) is 11.1 Å². The maximum Gasteiger partial charge on any atom is 0.416 e. The third-order valence-electron chi connectivity index (χ3n) is 4.64. The first-order valence-electron chi connectivity index (χ1n) is 10.1. The Hall–Kier alpha value is -2.70. The van der Waals surface area contributed by atoms with Gasteiger partial charge in [-0.2, -0.15) is 13.2 Å². The van der Waals surface area contributed by atoms with Gasteiger partial charge in [-0.25, -0.2) is 0 Å². The minimum absolute atomic E-state index is 0.111. The summed E-state index contributed by atoms with van der Waals surface area (Å²) >= 11 is 0. The Morgan fingerprint density at radius 1 is 0.968 bits per heavy atom. The predicted octanol–water partition coefficient (Wildman–Crippen LogP) is 6.34. The number of halogens is 3. The summed E-state index contributed by atoms with van der Waals surface area (Å²) < 4.78 is 37.9. The molecule has 0 saturated carbocycles. The van der Waals surface area contributed by atoms with E-state index < -0.39 is 11.7 Å². The Kier molecular flexibility index (Phi) is 9.88. The van der Waals surface area contributed by atoms with Gasteiger partial charge >= 0.3 is 6.18 Å². The molecule has 3 aromatic rings. The first kappa shape index (κ1) is 26.3. The summed E-state index contributed by atoms with van der Waals surface area (Å²) in [5, 5.41) is 13.2. The van der Waals surface area contributed by atoms with Gasteiger partial charge < -0.3 is 10.4 Å². The average Bonchev–Trinajstić information content (AvgIpc) is 2.79. The summed E-state index contributed by atoms with van der Waals surface area (Å²) in [6.07, 6.45) is -3.57. The summed E-state index contributed by atoms with van der Waals surface area (Å²) in [6.45, 7) is 8.06. The average molecular weight is 434 g/mol. The highest BCUT2D eigenvalue weighted by Crippen LogP contribution is 2.33. The zero-order chi connectivity index (χ0) is 23.7. The van der Waals surface area contributed by atoms with Crippen LogP contribution in [0.2, 0.25) is 0 Å². The van der Waals surface area contributed by atoms with Crippen molar-refractivity contribution in [1.29, 1.82) is 0 Å². The molecule has 31 heavy (non-hydrogen) atoms. The zero-order valence-electron chi connectivity index (χ0n) is 18.5. The fourth-order valence-electron chi connectivity index (χ4n) is 2.55. The molecule has 0 radical (unpaired) electrons. The smallest absolute Gasteiger partial charge is 0.394 e. The lowest BCUT2D eigenvalue weighted by molar-refractivity contribution is -0.137. The van der Waals surface area contributed by atoms with Gasteiger partial charge in [0.1, 0.15) is 6.29 Å². The summed E-state index contributed by atoms with van der Waals surface area (Å²) in [6, 6.07) is 15.9. The van der Waals surface area contributed by atoms with E-state index >= 15 is 0 Å². The van der Waals surface area contributed by atoms with Crippen LogP contribution in [0.25, 0.3) is 21.9 Å². The van der Waals surface area contributed by atoms with Crippen molar-refractivity contribution in [3.05, 3.63) is 71.8 Å². The van der Waals surface area contributed by atoms with Crippen LogP contribution in [0.5, 0.6) is 0 Å². The molecule has 0 aliphatic rings. The first-order valence-corrected chi connectivity index (χ1v) is 10.1. The molecule has 0 aliphatic heterocycles. The highest BCUT2D eigenvalue weighted by molar-refractivity contribution is 5.98. The molecule has 0 unspecified atom stereocenters. The number of aldehydes is 1. The molecule has 0 aliphatic carbocycles. The Labute approximate surface area is 181 Å². The number of hydrogen-bond donors (Lipinski definition) is 2. The van der Waals surface area contributed by atoms with E-state index in [0.717, 1.165) is 34.8 Å². The van der Waals surface area contributed by atoms with E-state index in [0.29, 0.717) is 11.1 Å². The number of alkyl halides is 3. The topological polar surface area (TPSA) is 49.3 Å². The zero-order valence-corrected chi connectivity index (χ0v) is 18.5. The Balaban J connectivity index is 0.000000457.